The highest BCUT2D eigenvalue weighted by Gasteiger charge is 2.26. The Morgan fingerprint density at radius 1 is 0.667 bits per heavy atom. The zero-order chi connectivity index (χ0) is 20.6. The van der Waals surface area contributed by atoms with Crippen LogP contribution >= 0.6 is 0 Å². The van der Waals surface area contributed by atoms with Crippen LogP contribution in [0.1, 0.15) is 23.7 Å². The summed E-state index contributed by atoms with van der Waals surface area (Å²) in [6.07, 6.45) is -1.92. The van der Waals surface area contributed by atoms with Crippen LogP contribution in [0.5, 0.6) is 0 Å². The molecule has 30 heavy (non-hydrogen) atoms. The van der Waals surface area contributed by atoms with Gasteiger partial charge in [-0.3, -0.25) is 0 Å². The molecule has 7 nitrogen and oxygen atoms in total. The topological polar surface area (TPSA) is 75.6 Å². The number of aliphatic hydroxyl groups excluding tert-OH is 1. The minimum absolute atomic E-state index is 0.147. The van der Waals surface area contributed by atoms with Crippen LogP contribution in [0.4, 0.5) is 0 Å². The summed E-state index contributed by atoms with van der Waals surface area (Å²) in [6, 6.07) is 19.6. The molecule has 2 aliphatic rings. The lowest BCUT2D eigenvalue weighted by atomic mass is 10.2. The molecule has 0 saturated carbocycles. The molecule has 0 spiro atoms. The van der Waals surface area contributed by atoms with E-state index in [1.165, 1.54) is 0 Å². The van der Waals surface area contributed by atoms with E-state index in [1.807, 2.05) is 60.7 Å². The third-order valence-corrected chi connectivity index (χ3v) is 4.93. The van der Waals surface area contributed by atoms with E-state index < -0.39 is 6.10 Å². The van der Waals surface area contributed by atoms with Gasteiger partial charge in [0, 0.05) is 11.1 Å². The highest BCUT2D eigenvalue weighted by atomic mass is 16.7. The van der Waals surface area contributed by atoms with Crippen LogP contribution in [0.25, 0.3) is 0 Å². The van der Waals surface area contributed by atoms with Crippen LogP contribution in [-0.2, 0) is 28.4 Å². The monoisotopic (exact) mass is 416 g/mol. The highest BCUT2D eigenvalue weighted by molar-refractivity contribution is 5.17. The molecule has 7 heteroatoms. The molecule has 0 unspecified atom stereocenters. The smallest absolute Gasteiger partial charge is 0.184 e. The van der Waals surface area contributed by atoms with Gasteiger partial charge in [-0.2, -0.15) is 0 Å². The van der Waals surface area contributed by atoms with E-state index >= 15 is 0 Å². The molecule has 2 fully saturated rings. The lowest BCUT2D eigenvalue weighted by Crippen LogP contribution is -2.38. The third-order valence-electron chi connectivity index (χ3n) is 4.93. The van der Waals surface area contributed by atoms with Gasteiger partial charge in [-0.15, -0.1) is 0 Å². The minimum atomic E-state index is -0.747. The fraction of sp³-hybridized carbons (Fsp3) is 0.478. The maximum Gasteiger partial charge on any atom is 0.184 e. The summed E-state index contributed by atoms with van der Waals surface area (Å²) in [6.45, 7) is 1.95. The van der Waals surface area contributed by atoms with Gasteiger partial charge < -0.3 is 33.5 Å². The number of hydrogen-bond acceptors (Lipinski definition) is 7. The van der Waals surface area contributed by atoms with Gasteiger partial charge in [0.05, 0.1) is 39.6 Å². The lowest BCUT2D eigenvalue weighted by molar-refractivity contribution is -0.241. The van der Waals surface area contributed by atoms with E-state index in [9.17, 15) is 5.11 Å². The van der Waals surface area contributed by atoms with E-state index in [0.29, 0.717) is 26.4 Å². The summed E-state index contributed by atoms with van der Waals surface area (Å²) < 4.78 is 34.3. The van der Waals surface area contributed by atoms with Gasteiger partial charge in [-0.1, -0.05) is 60.7 Å². The molecule has 0 atom stereocenters. The Morgan fingerprint density at radius 3 is 1.40 bits per heavy atom. The molecular formula is C23H28O7. The van der Waals surface area contributed by atoms with Gasteiger partial charge in [0.1, 0.15) is 18.3 Å². The lowest BCUT2D eigenvalue weighted by Gasteiger charge is -2.31. The second-order valence-corrected chi connectivity index (χ2v) is 7.38. The van der Waals surface area contributed by atoms with Gasteiger partial charge >= 0.3 is 0 Å². The average molecular weight is 416 g/mol. The molecule has 0 aliphatic carbocycles. The van der Waals surface area contributed by atoms with Crippen molar-refractivity contribution in [3.8, 4) is 0 Å². The van der Waals surface area contributed by atoms with Crippen molar-refractivity contribution in [1.82, 2.24) is 0 Å². The van der Waals surface area contributed by atoms with Crippen molar-refractivity contribution < 1.29 is 33.5 Å². The van der Waals surface area contributed by atoms with Crippen molar-refractivity contribution >= 4 is 0 Å². The zero-order valence-corrected chi connectivity index (χ0v) is 16.8. The number of hydrogen-bond donors (Lipinski definition) is 1. The van der Waals surface area contributed by atoms with Crippen LogP contribution in [0.3, 0.4) is 0 Å². The summed E-state index contributed by atoms with van der Waals surface area (Å²) in [4.78, 5) is 0. The van der Waals surface area contributed by atoms with Crippen molar-refractivity contribution in [2.24, 2.45) is 0 Å². The average Bonchev–Trinajstić information content (AvgIpc) is 2.83. The molecule has 2 saturated heterocycles. The first-order valence-electron chi connectivity index (χ1n) is 10.3. The van der Waals surface area contributed by atoms with Gasteiger partial charge in [-0.05, 0) is 0 Å². The molecule has 2 aromatic rings. The van der Waals surface area contributed by atoms with Crippen molar-refractivity contribution in [1.29, 1.82) is 0 Å². The predicted molar refractivity (Wildman–Crippen MR) is 108 cm³/mol. The van der Waals surface area contributed by atoms with Gasteiger partial charge in [0.15, 0.2) is 12.6 Å². The van der Waals surface area contributed by atoms with Crippen molar-refractivity contribution in [3.63, 3.8) is 0 Å². The highest BCUT2D eigenvalue weighted by Crippen LogP contribution is 2.24. The molecule has 0 radical (unpaired) electrons. The van der Waals surface area contributed by atoms with Crippen molar-refractivity contribution in [3.05, 3.63) is 71.8 Å². The fourth-order valence-electron chi connectivity index (χ4n) is 3.31. The van der Waals surface area contributed by atoms with Crippen molar-refractivity contribution in [2.45, 2.75) is 30.9 Å². The number of benzene rings is 2. The van der Waals surface area contributed by atoms with Crippen LogP contribution in [0.2, 0.25) is 0 Å². The Kier molecular flexibility index (Phi) is 7.82. The normalized spacial score (nSPS) is 28.2. The first-order valence-corrected chi connectivity index (χ1v) is 10.3. The largest absolute Gasteiger partial charge is 0.388 e. The standard InChI is InChI=1S/C23H28O7/c24-19(11-25-20-13-27-22(28-14-20)17-7-3-1-4-8-17)12-26-21-15-29-23(30-16-21)18-9-5-2-6-10-18/h1-10,19-24H,11-16H2. The van der Waals surface area contributed by atoms with E-state index in [-0.39, 0.29) is 38.0 Å². The second-order valence-electron chi connectivity index (χ2n) is 7.38. The van der Waals surface area contributed by atoms with E-state index in [2.05, 4.69) is 0 Å². The van der Waals surface area contributed by atoms with Gasteiger partial charge in [0.2, 0.25) is 0 Å². The molecule has 0 amide bonds. The van der Waals surface area contributed by atoms with Crippen LogP contribution in [0.15, 0.2) is 60.7 Å². The quantitative estimate of drug-likeness (QED) is 0.709. The Labute approximate surface area is 176 Å². The fourth-order valence-corrected chi connectivity index (χ4v) is 3.31. The zero-order valence-electron chi connectivity index (χ0n) is 16.8. The number of aliphatic hydroxyl groups is 1. The van der Waals surface area contributed by atoms with E-state index in [1.54, 1.807) is 0 Å². The Balaban J connectivity index is 1.09. The SMILES string of the molecule is OC(COC1COC(c2ccccc2)OC1)COC1COC(c2ccccc2)OC1. The molecule has 1 N–H and O–H groups in total. The summed E-state index contributed by atoms with van der Waals surface area (Å²) in [5, 5.41) is 10.2. The Hall–Kier alpha value is -1.84. The Morgan fingerprint density at radius 2 is 1.03 bits per heavy atom. The molecule has 2 aromatic carbocycles. The summed E-state index contributed by atoms with van der Waals surface area (Å²) in [7, 11) is 0. The van der Waals surface area contributed by atoms with Crippen molar-refractivity contribution in [2.75, 3.05) is 39.6 Å². The molecule has 0 bridgehead atoms. The van der Waals surface area contributed by atoms with Crippen LogP contribution < -0.4 is 0 Å². The molecule has 2 heterocycles. The molecular weight excluding hydrogens is 388 g/mol. The minimum Gasteiger partial charge on any atom is -0.388 e. The molecule has 2 aliphatic heterocycles. The Bertz CT molecular complexity index is 662. The summed E-state index contributed by atoms with van der Waals surface area (Å²) in [5.41, 5.74) is 1.96. The maximum atomic E-state index is 10.2. The molecule has 162 valence electrons. The van der Waals surface area contributed by atoms with Gasteiger partial charge in [-0.25, -0.2) is 0 Å². The summed E-state index contributed by atoms with van der Waals surface area (Å²) >= 11 is 0. The number of rotatable bonds is 8. The number of ether oxygens (including phenoxy) is 6. The first kappa shape index (κ1) is 21.4. The van der Waals surface area contributed by atoms with E-state index in [0.717, 1.165) is 11.1 Å². The predicted octanol–water partition coefficient (Wildman–Crippen LogP) is 2.61. The van der Waals surface area contributed by atoms with Crippen LogP contribution in [0, 0.1) is 0 Å². The summed E-state index contributed by atoms with van der Waals surface area (Å²) in [5.74, 6) is 0. The first-order chi connectivity index (χ1) is 14.8. The second kappa shape index (κ2) is 11.0. The van der Waals surface area contributed by atoms with Gasteiger partial charge in [0.25, 0.3) is 0 Å². The van der Waals surface area contributed by atoms with E-state index in [4.69, 9.17) is 28.4 Å². The van der Waals surface area contributed by atoms with Crippen LogP contribution in [-0.4, -0.2) is 63.1 Å². The maximum absolute atomic E-state index is 10.2. The third kappa shape index (κ3) is 6.09. The molecule has 0 aromatic heterocycles. The molecule has 4 rings (SSSR count).